The number of amides is 1. The minimum absolute atomic E-state index is 0.00523. The molecule has 6 heteroatoms. The Labute approximate surface area is 152 Å². The van der Waals surface area contributed by atoms with E-state index in [1.54, 1.807) is 37.7 Å². The lowest BCUT2D eigenvalue weighted by Gasteiger charge is -2.29. The van der Waals surface area contributed by atoms with E-state index in [0.717, 1.165) is 19.4 Å². The normalized spacial score (nSPS) is 18.8. The number of rotatable bonds is 6. The van der Waals surface area contributed by atoms with Crippen molar-refractivity contribution in [3.63, 3.8) is 0 Å². The molecule has 2 aromatic rings. The number of carbonyl (C=O) groups excluding carboxylic acids is 1. The fraction of sp³-hybridized carbons (Fsp3) is 0.421. The summed E-state index contributed by atoms with van der Waals surface area (Å²) in [6.07, 6.45) is 2.22. The molecule has 3 rings (SSSR count). The van der Waals surface area contributed by atoms with E-state index in [-0.39, 0.29) is 11.9 Å². The Morgan fingerprint density at radius 3 is 2.76 bits per heavy atom. The van der Waals surface area contributed by atoms with Gasteiger partial charge in [0.1, 0.15) is 0 Å². The summed E-state index contributed by atoms with van der Waals surface area (Å²) in [4.78, 5) is 15.0. The Morgan fingerprint density at radius 2 is 2.08 bits per heavy atom. The molecule has 0 saturated carbocycles. The third-order valence-corrected chi connectivity index (χ3v) is 5.45. The molecule has 1 saturated heterocycles. The third-order valence-electron chi connectivity index (χ3n) is 4.75. The number of thiophene rings is 1. The Morgan fingerprint density at radius 1 is 1.28 bits per heavy atom. The van der Waals surface area contributed by atoms with Crippen LogP contribution in [0.15, 0.2) is 35.0 Å². The molecule has 1 aliphatic rings. The maximum Gasteiger partial charge on any atom is 0.241 e. The fourth-order valence-electron chi connectivity index (χ4n) is 3.39. The molecular formula is C19H24N2O3S. The van der Waals surface area contributed by atoms with Crippen LogP contribution in [0.1, 0.15) is 31.4 Å². The smallest absolute Gasteiger partial charge is 0.241 e. The second kappa shape index (κ2) is 7.89. The lowest BCUT2D eigenvalue weighted by Crippen LogP contribution is -2.41. The van der Waals surface area contributed by atoms with Crippen LogP contribution in [0.5, 0.6) is 11.5 Å². The number of likely N-dealkylation sites (tertiary alicyclic amines) is 1. The number of hydrogen-bond donors (Lipinski definition) is 1. The van der Waals surface area contributed by atoms with E-state index in [4.69, 9.17) is 9.47 Å². The van der Waals surface area contributed by atoms with Gasteiger partial charge in [-0.2, -0.15) is 11.3 Å². The molecule has 0 radical (unpaired) electrons. The van der Waals surface area contributed by atoms with Crippen LogP contribution in [0.4, 0.5) is 5.69 Å². The minimum Gasteiger partial charge on any atom is -0.493 e. The van der Waals surface area contributed by atoms with Gasteiger partial charge in [-0.05, 0) is 60.8 Å². The third kappa shape index (κ3) is 3.80. The number of anilines is 1. The Hall–Kier alpha value is -2.05. The molecule has 1 amide bonds. The highest BCUT2D eigenvalue weighted by molar-refractivity contribution is 7.07. The van der Waals surface area contributed by atoms with Gasteiger partial charge in [-0.15, -0.1) is 0 Å². The Kier molecular flexibility index (Phi) is 5.60. The van der Waals surface area contributed by atoms with Crippen LogP contribution in [0.2, 0.25) is 0 Å². The molecule has 1 fully saturated rings. The summed E-state index contributed by atoms with van der Waals surface area (Å²) in [5.74, 6) is 1.24. The first-order chi connectivity index (χ1) is 12.1. The molecule has 0 unspecified atom stereocenters. The maximum absolute atomic E-state index is 12.7. The summed E-state index contributed by atoms with van der Waals surface area (Å²) in [6.45, 7) is 2.92. The largest absolute Gasteiger partial charge is 0.493 e. The standard InChI is InChI=1S/C19H24N2O3S/c1-13(21-9-4-5-16(21)14-8-10-25-12-14)19(22)20-15-6-7-17(23-2)18(11-15)24-3/h6-8,10-13,16H,4-5,9H2,1-3H3,(H,20,22)/t13-,16+/m0/s1. The van der Waals surface area contributed by atoms with E-state index in [2.05, 4.69) is 27.0 Å². The van der Waals surface area contributed by atoms with Crippen LogP contribution >= 0.6 is 11.3 Å². The number of ether oxygens (including phenoxy) is 2. The molecule has 1 N–H and O–H groups in total. The molecule has 134 valence electrons. The maximum atomic E-state index is 12.7. The van der Waals surface area contributed by atoms with Gasteiger partial charge in [-0.3, -0.25) is 9.69 Å². The van der Waals surface area contributed by atoms with Crippen molar-refractivity contribution in [2.75, 3.05) is 26.1 Å². The molecule has 0 bridgehead atoms. The highest BCUT2D eigenvalue weighted by Crippen LogP contribution is 2.35. The topological polar surface area (TPSA) is 50.8 Å². The van der Waals surface area contributed by atoms with Gasteiger partial charge in [-0.25, -0.2) is 0 Å². The molecule has 2 atom stereocenters. The summed E-state index contributed by atoms with van der Waals surface area (Å²) >= 11 is 1.71. The SMILES string of the molecule is COc1ccc(NC(=O)[C@H](C)N2CCC[C@@H]2c2ccsc2)cc1OC. The number of methoxy groups -OCH3 is 2. The van der Waals surface area contributed by atoms with Crippen molar-refractivity contribution in [2.24, 2.45) is 0 Å². The average Bonchev–Trinajstić information content (AvgIpc) is 3.31. The zero-order valence-electron chi connectivity index (χ0n) is 14.8. The molecule has 25 heavy (non-hydrogen) atoms. The van der Waals surface area contributed by atoms with Gasteiger partial charge in [0.05, 0.1) is 20.3 Å². The zero-order chi connectivity index (χ0) is 17.8. The van der Waals surface area contributed by atoms with Crippen LogP contribution in [-0.2, 0) is 4.79 Å². The van der Waals surface area contributed by atoms with E-state index in [1.165, 1.54) is 5.56 Å². The lowest BCUT2D eigenvalue weighted by atomic mass is 10.1. The second-order valence-corrected chi connectivity index (χ2v) is 6.97. The van der Waals surface area contributed by atoms with Gasteiger partial charge >= 0.3 is 0 Å². The minimum atomic E-state index is -0.194. The van der Waals surface area contributed by atoms with Crippen LogP contribution in [0, 0.1) is 0 Å². The van der Waals surface area contributed by atoms with Gasteiger partial charge in [0.15, 0.2) is 11.5 Å². The fourth-order valence-corrected chi connectivity index (χ4v) is 4.09. The second-order valence-electron chi connectivity index (χ2n) is 6.19. The molecule has 0 aliphatic carbocycles. The van der Waals surface area contributed by atoms with Gasteiger partial charge < -0.3 is 14.8 Å². The summed E-state index contributed by atoms with van der Waals surface area (Å²) in [5.41, 5.74) is 2.02. The Bertz CT molecular complexity index is 717. The van der Waals surface area contributed by atoms with Crippen molar-refractivity contribution in [1.29, 1.82) is 0 Å². The van der Waals surface area contributed by atoms with Crippen molar-refractivity contribution in [3.8, 4) is 11.5 Å². The number of nitrogens with zero attached hydrogens (tertiary/aromatic N) is 1. The monoisotopic (exact) mass is 360 g/mol. The molecular weight excluding hydrogens is 336 g/mol. The summed E-state index contributed by atoms with van der Waals surface area (Å²) in [5, 5.41) is 7.28. The average molecular weight is 360 g/mol. The van der Waals surface area contributed by atoms with E-state index < -0.39 is 0 Å². The van der Waals surface area contributed by atoms with Crippen LogP contribution in [0.3, 0.4) is 0 Å². The summed E-state index contributed by atoms with van der Waals surface area (Å²) < 4.78 is 10.5. The van der Waals surface area contributed by atoms with Crippen molar-refractivity contribution in [1.82, 2.24) is 4.90 Å². The van der Waals surface area contributed by atoms with Crippen molar-refractivity contribution in [2.45, 2.75) is 31.8 Å². The van der Waals surface area contributed by atoms with E-state index in [0.29, 0.717) is 23.2 Å². The summed E-state index contributed by atoms with van der Waals surface area (Å²) in [7, 11) is 3.18. The number of carbonyl (C=O) groups is 1. The first-order valence-electron chi connectivity index (χ1n) is 8.44. The molecule has 2 heterocycles. The van der Waals surface area contributed by atoms with Gasteiger partial charge in [-0.1, -0.05) is 0 Å². The van der Waals surface area contributed by atoms with Gasteiger partial charge in [0, 0.05) is 17.8 Å². The van der Waals surface area contributed by atoms with Gasteiger partial charge in [0.25, 0.3) is 0 Å². The predicted octanol–water partition coefficient (Wildman–Crippen LogP) is 3.93. The number of hydrogen-bond acceptors (Lipinski definition) is 5. The van der Waals surface area contributed by atoms with E-state index in [9.17, 15) is 4.79 Å². The van der Waals surface area contributed by atoms with Crippen molar-refractivity contribution >= 4 is 22.9 Å². The molecule has 1 aromatic heterocycles. The van der Waals surface area contributed by atoms with E-state index in [1.807, 2.05) is 13.0 Å². The van der Waals surface area contributed by atoms with Crippen LogP contribution in [-0.4, -0.2) is 37.6 Å². The molecule has 5 nitrogen and oxygen atoms in total. The van der Waals surface area contributed by atoms with Crippen LogP contribution < -0.4 is 14.8 Å². The predicted molar refractivity (Wildman–Crippen MR) is 101 cm³/mol. The number of nitrogens with one attached hydrogen (secondary N) is 1. The lowest BCUT2D eigenvalue weighted by molar-refractivity contribution is -0.121. The molecule has 1 aliphatic heterocycles. The van der Waals surface area contributed by atoms with E-state index >= 15 is 0 Å². The molecule has 0 spiro atoms. The number of benzene rings is 1. The highest BCUT2D eigenvalue weighted by atomic mass is 32.1. The van der Waals surface area contributed by atoms with Crippen molar-refractivity contribution < 1.29 is 14.3 Å². The first kappa shape index (κ1) is 17.8. The highest BCUT2D eigenvalue weighted by Gasteiger charge is 2.33. The van der Waals surface area contributed by atoms with Gasteiger partial charge in [0.2, 0.25) is 5.91 Å². The zero-order valence-corrected chi connectivity index (χ0v) is 15.6. The Balaban J connectivity index is 1.70. The molecule has 1 aromatic carbocycles. The van der Waals surface area contributed by atoms with Crippen LogP contribution in [0.25, 0.3) is 0 Å². The first-order valence-corrected chi connectivity index (χ1v) is 9.39. The summed E-state index contributed by atoms with van der Waals surface area (Å²) in [6, 6.07) is 7.70. The van der Waals surface area contributed by atoms with Crippen molar-refractivity contribution in [3.05, 3.63) is 40.6 Å². The quantitative estimate of drug-likeness (QED) is 0.848.